The second kappa shape index (κ2) is 7.06. The van der Waals surface area contributed by atoms with Gasteiger partial charge in [0.15, 0.2) is 0 Å². The number of nitrogens with one attached hydrogen (secondary N) is 1. The Balaban J connectivity index is 2.27. The Morgan fingerprint density at radius 1 is 1.15 bits per heavy atom. The van der Waals surface area contributed by atoms with Crippen molar-refractivity contribution in [3.8, 4) is 0 Å². The summed E-state index contributed by atoms with van der Waals surface area (Å²) in [6.45, 7) is 3.60. The van der Waals surface area contributed by atoms with E-state index in [1.807, 2.05) is 43.1 Å². The summed E-state index contributed by atoms with van der Waals surface area (Å²) in [7, 11) is 1.91. The van der Waals surface area contributed by atoms with Gasteiger partial charge in [0, 0.05) is 18.4 Å². The van der Waals surface area contributed by atoms with Crippen LogP contribution < -0.4 is 10.2 Å². The molecule has 0 spiro atoms. The van der Waals surface area contributed by atoms with Crippen LogP contribution in [0.2, 0.25) is 0 Å². The minimum absolute atomic E-state index is 0.194. The molecule has 1 N–H and O–H groups in total. The van der Waals surface area contributed by atoms with Crippen LogP contribution in [0.5, 0.6) is 0 Å². The molecular formula is C17H22N2O. The maximum absolute atomic E-state index is 12.4. The van der Waals surface area contributed by atoms with E-state index in [1.165, 1.54) is 5.39 Å². The number of rotatable bonds is 6. The van der Waals surface area contributed by atoms with E-state index in [4.69, 9.17) is 0 Å². The molecule has 20 heavy (non-hydrogen) atoms. The van der Waals surface area contributed by atoms with Crippen LogP contribution in [-0.2, 0) is 4.79 Å². The fourth-order valence-electron chi connectivity index (χ4n) is 2.48. The molecule has 0 aliphatic rings. The highest BCUT2D eigenvalue weighted by atomic mass is 16.2. The Morgan fingerprint density at radius 2 is 1.90 bits per heavy atom. The molecule has 106 valence electrons. The van der Waals surface area contributed by atoms with E-state index >= 15 is 0 Å². The van der Waals surface area contributed by atoms with Gasteiger partial charge in [-0.15, -0.1) is 0 Å². The van der Waals surface area contributed by atoms with Gasteiger partial charge >= 0.3 is 0 Å². The van der Waals surface area contributed by atoms with Crippen LogP contribution in [0.25, 0.3) is 10.8 Å². The predicted molar refractivity (Wildman–Crippen MR) is 85.1 cm³/mol. The summed E-state index contributed by atoms with van der Waals surface area (Å²) >= 11 is 0. The van der Waals surface area contributed by atoms with Gasteiger partial charge in [-0.05, 0) is 38.4 Å². The summed E-state index contributed by atoms with van der Waals surface area (Å²) in [5, 5.41) is 5.39. The van der Waals surface area contributed by atoms with Gasteiger partial charge in [0.25, 0.3) is 0 Å². The van der Waals surface area contributed by atoms with Crippen LogP contribution in [0, 0.1) is 0 Å². The molecule has 0 atom stereocenters. The highest BCUT2D eigenvalue weighted by Crippen LogP contribution is 2.27. The lowest BCUT2D eigenvalue weighted by atomic mass is 10.1. The van der Waals surface area contributed by atoms with Crippen molar-refractivity contribution in [2.45, 2.75) is 19.8 Å². The summed E-state index contributed by atoms with van der Waals surface area (Å²) in [5.74, 6) is 0.194. The number of amides is 1. The predicted octanol–water partition coefficient (Wildman–Crippen LogP) is 3.19. The number of carbonyl (C=O) groups is 1. The van der Waals surface area contributed by atoms with Crippen LogP contribution in [0.15, 0.2) is 42.5 Å². The smallest absolute Gasteiger partial charge is 0.227 e. The Bertz CT molecular complexity index is 575. The van der Waals surface area contributed by atoms with Crippen molar-refractivity contribution in [1.29, 1.82) is 0 Å². The van der Waals surface area contributed by atoms with Crippen LogP contribution in [-0.4, -0.2) is 26.0 Å². The van der Waals surface area contributed by atoms with Crippen molar-refractivity contribution >= 4 is 22.4 Å². The molecule has 0 aliphatic heterocycles. The van der Waals surface area contributed by atoms with Gasteiger partial charge in [-0.3, -0.25) is 4.79 Å². The lowest BCUT2D eigenvalue weighted by Crippen LogP contribution is -2.31. The molecule has 1 amide bonds. The molecule has 0 aliphatic carbocycles. The fraction of sp³-hybridized carbons (Fsp3) is 0.353. The van der Waals surface area contributed by atoms with Gasteiger partial charge in [-0.2, -0.15) is 0 Å². The molecule has 2 aromatic rings. The van der Waals surface area contributed by atoms with E-state index in [9.17, 15) is 4.79 Å². The molecule has 2 rings (SSSR count). The molecule has 3 heteroatoms. The Kier molecular flexibility index (Phi) is 5.13. The largest absolute Gasteiger partial charge is 0.320 e. The third-order valence-corrected chi connectivity index (χ3v) is 3.49. The zero-order valence-electron chi connectivity index (χ0n) is 12.2. The lowest BCUT2D eigenvalue weighted by Gasteiger charge is -2.23. The minimum atomic E-state index is 0.194. The van der Waals surface area contributed by atoms with E-state index in [0.717, 1.165) is 24.0 Å². The molecule has 3 nitrogen and oxygen atoms in total. The number of nitrogens with zero attached hydrogens (tertiary/aromatic N) is 1. The number of hydrogen-bond acceptors (Lipinski definition) is 2. The first kappa shape index (κ1) is 14.5. The molecule has 2 aromatic carbocycles. The van der Waals surface area contributed by atoms with Gasteiger partial charge in [-0.25, -0.2) is 0 Å². The zero-order valence-corrected chi connectivity index (χ0v) is 12.2. The first-order valence-electron chi connectivity index (χ1n) is 7.20. The van der Waals surface area contributed by atoms with Crippen molar-refractivity contribution in [2.24, 2.45) is 0 Å². The molecule has 0 fully saturated rings. The lowest BCUT2D eigenvalue weighted by molar-refractivity contribution is -0.118. The molecule has 0 aromatic heterocycles. The van der Waals surface area contributed by atoms with Crippen LogP contribution >= 0.6 is 0 Å². The normalized spacial score (nSPS) is 10.7. The van der Waals surface area contributed by atoms with E-state index in [-0.39, 0.29) is 5.91 Å². The summed E-state index contributed by atoms with van der Waals surface area (Å²) in [6, 6.07) is 14.3. The van der Waals surface area contributed by atoms with Gasteiger partial charge in [0.1, 0.15) is 0 Å². The third kappa shape index (κ3) is 3.17. The topological polar surface area (TPSA) is 32.3 Å². The Morgan fingerprint density at radius 3 is 2.65 bits per heavy atom. The highest BCUT2D eigenvalue weighted by molar-refractivity contribution is 6.03. The quantitative estimate of drug-likeness (QED) is 0.818. The standard InChI is InChI=1S/C17H22N2O/c1-3-19(17(20)12-7-13-18-2)16-11-6-9-14-8-4-5-10-15(14)16/h4-6,8-11,18H,3,7,12-13H2,1-2H3. The summed E-state index contributed by atoms with van der Waals surface area (Å²) in [5.41, 5.74) is 1.01. The summed E-state index contributed by atoms with van der Waals surface area (Å²) < 4.78 is 0. The molecule has 0 saturated heterocycles. The fourth-order valence-corrected chi connectivity index (χ4v) is 2.48. The Hall–Kier alpha value is -1.87. The first-order chi connectivity index (χ1) is 9.77. The number of hydrogen-bond donors (Lipinski definition) is 1. The zero-order chi connectivity index (χ0) is 14.4. The average Bonchev–Trinajstić information content (AvgIpc) is 2.48. The second-order valence-electron chi connectivity index (χ2n) is 4.84. The summed E-state index contributed by atoms with van der Waals surface area (Å²) in [4.78, 5) is 14.3. The molecule has 0 bridgehead atoms. The average molecular weight is 270 g/mol. The van der Waals surface area contributed by atoms with Crippen molar-refractivity contribution in [3.05, 3.63) is 42.5 Å². The van der Waals surface area contributed by atoms with Crippen LogP contribution in [0.3, 0.4) is 0 Å². The number of benzene rings is 2. The number of fused-ring (bicyclic) bond motifs is 1. The van der Waals surface area contributed by atoms with E-state index in [1.54, 1.807) is 0 Å². The van der Waals surface area contributed by atoms with E-state index in [0.29, 0.717) is 13.0 Å². The maximum atomic E-state index is 12.4. The molecule has 0 unspecified atom stereocenters. The van der Waals surface area contributed by atoms with Gasteiger partial charge in [-0.1, -0.05) is 36.4 Å². The number of anilines is 1. The number of carbonyl (C=O) groups excluding carboxylic acids is 1. The van der Waals surface area contributed by atoms with Crippen molar-refractivity contribution in [1.82, 2.24) is 5.32 Å². The van der Waals surface area contributed by atoms with Crippen LogP contribution in [0.4, 0.5) is 5.69 Å². The van der Waals surface area contributed by atoms with Gasteiger partial charge in [0.05, 0.1) is 5.69 Å². The first-order valence-corrected chi connectivity index (χ1v) is 7.20. The monoisotopic (exact) mass is 270 g/mol. The molecular weight excluding hydrogens is 248 g/mol. The van der Waals surface area contributed by atoms with Crippen molar-refractivity contribution in [3.63, 3.8) is 0 Å². The van der Waals surface area contributed by atoms with E-state index < -0.39 is 0 Å². The van der Waals surface area contributed by atoms with Gasteiger partial charge < -0.3 is 10.2 Å². The van der Waals surface area contributed by atoms with Crippen LogP contribution in [0.1, 0.15) is 19.8 Å². The maximum Gasteiger partial charge on any atom is 0.227 e. The molecule has 0 saturated carbocycles. The Labute approximate surface area is 120 Å². The van der Waals surface area contributed by atoms with E-state index in [2.05, 4.69) is 23.5 Å². The second-order valence-corrected chi connectivity index (χ2v) is 4.84. The molecule has 0 heterocycles. The summed E-state index contributed by atoms with van der Waals surface area (Å²) in [6.07, 6.45) is 1.45. The van der Waals surface area contributed by atoms with Crippen molar-refractivity contribution in [2.75, 3.05) is 25.0 Å². The minimum Gasteiger partial charge on any atom is -0.320 e. The SMILES string of the molecule is CCN(C(=O)CCCNC)c1cccc2ccccc12. The van der Waals surface area contributed by atoms with Gasteiger partial charge in [0.2, 0.25) is 5.91 Å². The van der Waals surface area contributed by atoms with Crippen molar-refractivity contribution < 1.29 is 4.79 Å². The third-order valence-electron chi connectivity index (χ3n) is 3.49. The highest BCUT2D eigenvalue weighted by Gasteiger charge is 2.15. The molecule has 0 radical (unpaired) electrons.